The summed E-state index contributed by atoms with van der Waals surface area (Å²) in [4.78, 5) is 93.4. The number of carbonyl (C=O) groups is 6. The number of hydrogen-bond donors (Lipinski definition) is 2. The summed E-state index contributed by atoms with van der Waals surface area (Å²) in [6.07, 6.45) is 6.20. The zero-order chi connectivity index (χ0) is 74.4. The number of hydrogen-bond acceptors (Lipinski definition) is 17. The summed E-state index contributed by atoms with van der Waals surface area (Å²) in [5.74, 6) is -4.84. The molecule has 20 nitrogen and oxygen atoms in total. The van der Waals surface area contributed by atoms with Crippen molar-refractivity contribution in [3.05, 3.63) is 284 Å². The summed E-state index contributed by atoms with van der Waals surface area (Å²) >= 11 is 0. The van der Waals surface area contributed by atoms with Crippen LogP contribution in [0.15, 0.2) is 188 Å². The van der Waals surface area contributed by atoms with Crippen LogP contribution < -0.4 is 9.47 Å². The van der Waals surface area contributed by atoms with Crippen LogP contribution in [-0.4, -0.2) is 146 Å². The second-order valence-electron chi connectivity index (χ2n) is 23.6. The number of benzene rings is 8. The molecule has 0 unspecified atom stereocenters. The van der Waals surface area contributed by atoms with E-state index in [0.717, 1.165) is 44.5 Å². The first-order valence-electron chi connectivity index (χ1n) is 33.0. The molecule has 0 saturated carbocycles. The van der Waals surface area contributed by atoms with Crippen molar-refractivity contribution in [2.45, 2.75) is 46.3 Å². The molecule has 0 aliphatic heterocycles. The molecule has 11 aromatic rings. The minimum Gasteiger partial charge on any atom is -0.505 e. The Balaban J connectivity index is 0.000000182. The van der Waals surface area contributed by atoms with Gasteiger partial charge >= 0.3 is 23.9 Å². The molecule has 8 aromatic carbocycles. The normalized spacial score (nSPS) is 10.8. The summed E-state index contributed by atoms with van der Waals surface area (Å²) in [5, 5.41) is 21.8. The lowest BCUT2D eigenvalue weighted by Crippen LogP contribution is -2.34. The van der Waals surface area contributed by atoms with Gasteiger partial charge in [-0.1, -0.05) is 97.1 Å². The number of halogens is 3. The lowest BCUT2D eigenvalue weighted by atomic mass is 9.98. The molecule has 104 heavy (non-hydrogen) atoms. The number of ether oxygens (including phenoxy) is 7. The van der Waals surface area contributed by atoms with Crippen molar-refractivity contribution in [1.82, 2.24) is 24.8 Å². The number of phenols is 1. The van der Waals surface area contributed by atoms with Crippen molar-refractivity contribution in [1.29, 1.82) is 0 Å². The highest BCUT2D eigenvalue weighted by molar-refractivity contribution is 6.13. The Bertz CT molecular complexity index is 4860. The molecule has 0 radical (unpaired) electrons. The van der Waals surface area contributed by atoms with E-state index in [0.29, 0.717) is 85.9 Å². The molecule has 536 valence electrons. The van der Waals surface area contributed by atoms with E-state index in [1.807, 2.05) is 80.6 Å². The molecule has 0 fully saturated rings. The molecular weight excluding hydrogens is 1340 g/mol. The summed E-state index contributed by atoms with van der Waals surface area (Å²) < 4.78 is 77.0. The molecule has 0 spiro atoms. The maximum absolute atomic E-state index is 13.8. The van der Waals surface area contributed by atoms with Gasteiger partial charge in [-0.05, 0) is 150 Å². The first-order valence-corrected chi connectivity index (χ1v) is 33.0. The van der Waals surface area contributed by atoms with Crippen molar-refractivity contribution >= 4 is 68.4 Å². The van der Waals surface area contributed by atoms with Gasteiger partial charge < -0.3 is 53.2 Å². The number of aromatic hydroxyl groups is 1. The smallest absolute Gasteiger partial charge is 0.341 e. The number of esters is 3. The SMILES string of the molecule is CCN(CCOC)C(=O)c1cc(C(=O)OC)c(O)c2ncc(Cc3ccc(F)cc3)cc12.CCN(CCOC)C(=O)c1cc(C(=O)OC)c(OCc2ccccc2)c2ncc(Cc3ccc(F)cc3)cc12.COC(=O)c1cc(C(=O)O)c2cc(Cc3ccc(F)cc3)cnc2c1OCc1ccccc1. The highest BCUT2D eigenvalue weighted by Crippen LogP contribution is 2.37. The minimum atomic E-state index is -1.21. The predicted molar refractivity (Wildman–Crippen MR) is 384 cm³/mol. The summed E-state index contributed by atoms with van der Waals surface area (Å²) in [6, 6.07) is 46.7. The van der Waals surface area contributed by atoms with Crippen LogP contribution in [0, 0.1) is 17.5 Å². The number of nitrogens with zero attached hydrogens (tertiary/aromatic N) is 5. The number of aromatic nitrogens is 3. The fourth-order valence-electron chi connectivity index (χ4n) is 11.4. The number of carboxylic acids is 1. The number of pyridine rings is 3. The summed E-state index contributed by atoms with van der Waals surface area (Å²) in [6.45, 7) is 6.43. The van der Waals surface area contributed by atoms with Crippen molar-refractivity contribution in [2.75, 3.05) is 74.9 Å². The average molecular weight is 1420 g/mol. The van der Waals surface area contributed by atoms with E-state index in [1.165, 1.54) is 75.9 Å². The molecule has 3 aromatic heterocycles. The van der Waals surface area contributed by atoms with Crippen molar-refractivity contribution in [3.8, 4) is 17.2 Å². The second kappa shape index (κ2) is 36.5. The van der Waals surface area contributed by atoms with E-state index in [1.54, 1.807) is 91.1 Å². The van der Waals surface area contributed by atoms with Crippen LogP contribution in [0.25, 0.3) is 32.7 Å². The monoisotopic (exact) mass is 1420 g/mol. The number of rotatable bonds is 26. The van der Waals surface area contributed by atoms with Gasteiger partial charge in [0.2, 0.25) is 0 Å². The quantitative estimate of drug-likeness (QED) is 0.0377. The lowest BCUT2D eigenvalue weighted by Gasteiger charge is -2.23. The van der Waals surface area contributed by atoms with Crippen LogP contribution in [0.1, 0.15) is 121 Å². The van der Waals surface area contributed by atoms with Gasteiger partial charge in [0, 0.05) is 75.1 Å². The molecule has 0 atom stereocenters. The number of amides is 2. The number of aromatic carboxylic acids is 1. The number of carboxylic acid groups (broad SMARTS) is 1. The van der Waals surface area contributed by atoms with E-state index in [2.05, 4.69) is 15.0 Å². The molecule has 23 heteroatoms. The molecule has 0 aliphatic carbocycles. The Morgan fingerprint density at radius 1 is 0.394 bits per heavy atom. The average Bonchev–Trinajstić information content (AvgIpc) is 0.769. The van der Waals surface area contributed by atoms with Crippen LogP contribution >= 0.6 is 0 Å². The summed E-state index contributed by atoms with van der Waals surface area (Å²) in [5.41, 5.74) is 7.87. The molecular formula is C81H76F3N5O15. The zero-order valence-corrected chi connectivity index (χ0v) is 58.2. The number of likely N-dealkylation sites (N-methyl/N-ethyl adjacent to an activating group) is 2. The van der Waals surface area contributed by atoms with Gasteiger partial charge in [-0.25, -0.2) is 32.3 Å². The number of carbonyl (C=O) groups excluding carboxylic acids is 5. The summed E-state index contributed by atoms with van der Waals surface area (Å²) in [7, 11) is 6.82. The maximum atomic E-state index is 13.8. The van der Waals surface area contributed by atoms with Gasteiger partial charge in [0.05, 0.1) is 51.2 Å². The maximum Gasteiger partial charge on any atom is 0.341 e. The number of methoxy groups -OCH3 is 5. The lowest BCUT2D eigenvalue weighted by molar-refractivity contribution is 0.0585. The van der Waals surface area contributed by atoms with Crippen LogP contribution in [0.5, 0.6) is 17.2 Å². The van der Waals surface area contributed by atoms with Crippen LogP contribution in [0.3, 0.4) is 0 Å². The molecule has 0 saturated heterocycles. The Labute approximate surface area is 598 Å². The van der Waals surface area contributed by atoms with Gasteiger partial charge in [-0.2, -0.15) is 0 Å². The van der Waals surface area contributed by atoms with E-state index >= 15 is 0 Å². The van der Waals surface area contributed by atoms with Crippen LogP contribution in [0.4, 0.5) is 13.2 Å². The highest BCUT2D eigenvalue weighted by Gasteiger charge is 2.29. The molecule has 2 N–H and O–H groups in total. The highest BCUT2D eigenvalue weighted by atomic mass is 19.1. The first-order chi connectivity index (χ1) is 50.3. The molecule has 3 heterocycles. The van der Waals surface area contributed by atoms with Gasteiger partial charge in [0.25, 0.3) is 11.8 Å². The van der Waals surface area contributed by atoms with Crippen LogP contribution in [-0.2, 0) is 56.2 Å². The first kappa shape index (κ1) is 76.1. The van der Waals surface area contributed by atoms with Crippen molar-refractivity contribution in [3.63, 3.8) is 0 Å². The van der Waals surface area contributed by atoms with E-state index in [4.69, 9.17) is 33.2 Å². The van der Waals surface area contributed by atoms with Crippen LogP contribution in [0.2, 0.25) is 0 Å². The third-order valence-corrected chi connectivity index (χ3v) is 16.8. The Morgan fingerprint density at radius 3 is 1.07 bits per heavy atom. The zero-order valence-electron chi connectivity index (χ0n) is 58.2. The van der Waals surface area contributed by atoms with Crippen molar-refractivity contribution in [2.24, 2.45) is 0 Å². The van der Waals surface area contributed by atoms with Crippen molar-refractivity contribution < 1.29 is 85.3 Å². The molecule has 2 amide bonds. The minimum absolute atomic E-state index is 0.0166. The standard InChI is InChI=1S/C31H31FN2O5.C26H20FNO5.C24H25FN2O5/c1-4-34(14-15-37-2)30(35)26-18-27(31(36)38-3)29(39-20-22-8-6-5-7-9-22)28-25(26)17-23(19-33-28)16-21-10-12-24(32)13-11-21;1-32-26(31)22-13-21(25(29)30)20-12-18(11-16-7-9-19(27)10-8-16)14-28-23(20)24(22)33-15-17-5-3-2-4-6-17;1-4-27(9-10-31-2)23(29)19-13-20(24(30)32-3)22(28)21-18(19)12-16(14-26-21)11-15-5-7-17(25)8-6-15/h5-13,17-19H,4,14-16,20H2,1-3H3;2-10,12-14H,11,15H2,1H3,(H,29,30);5-8,12-14,28H,4,9-11H2,1-3H3. The number of phenolic OH excluding ortho intramolecular Hbond substituents is 1. The third-order valence-electron chi connectivity index (χ3n) is 16.8. The third kappa shape index (κ3) is 19.1. The van der Waals surface area contributed by atoms with E-state index < -0.39 is 23.9 Å². The van der Waals surface area contributed by atoms with Gasteiger partial charge in [-0.15, -0.1) is 0 Å². The van der Waals surface area contributed by atoms with Gasteiger partial charge in [0.1, 0.15) is 63.9 Å². The second-order valence-corrected chi connectivity index (χ2v) is 23.6. The molecule has 11 rings (SSSR count). The van der Waals surface area contributed by atoms with Gasteiger partial charge in [0.15, 0.2) is 17.2 Å². The van der Waals surface area contributed by atoms with Gasteiger partial charge in [-0.3, -0.25) is 24.5 Å². The van der Waals surface area contributed by atoms with E-state index in [9.17, 15) is 52.2 Å². The fourth-order valence-corrected chi connectivity index (χ4v) is 11.4. The predicted octanol–water partition coefficient (Wildman–Crippen LogP) is 14.0. The fraction of sp³-hybridized carbons (Fsp3) is 0.222. The Kier molecular flexibility index (Phi) is 26.7. The molecule has 0 aliphatic rings. The topological polar surface area (TPSA) is 253 Å². The Morgan fingerprint density at radius 2 is 0.721 bits per heavy atom. The largest absolute Gasteiger partial charge is 0.505 e. The number of fused-ring (bicyclic) bond motifs is 3. The molecule has 0 bridgehead atoms. The van der Waals surface area contributed by atoms with E-state index in [-0.39, 0.29) is 98.6 Å². The Hall–Kier alpha value is -12.1.